The highest BCUT2D eigenvalue weighted by molar-refractivity contribution is 7.47. The minimum Gasteiger partial charge on any atom is -0.457 e. The second-order valence-corrected chi connectivity index (χ2v) is 17.0. The van der Waals surface area contributed by atoms with Gasteiger partial charge in [-0.2, -0.15) is 0 Å². The molecular formula is C43H81O12P. The summed E-state index contributed by atoms with van der Waals surface area (Å²) in [6.45, 7) is 4.18. The predicted octanol–water partition coefficient (Wildman–Crippen LogP) is 8.53. The molecule has 0 aromatic heterocycles. The molecule has 1 aliphatic carbocycles. The maximum absolute atomic E-state index is 12.8. The van der Waals surface area contributed by atoms with Crippen LogP contribution in [0.3, 0.4) is 0 Å². The minimum absolute atomic E-state index is 0.0805. The van der Waals surface area contributed by atoms with Gasteiger partial charge in [-0.25, -0.2) is 4.57 Å². The molecule has 13 heteroatoms. The molecule has 0 saturated heterocycles. The number of carbonyl (C=O) groups excluding carboxylic acids is 1. The number of hydrogen-bond acceptors (Lipinski definition) is 11. The highest BCUT2D eigenvalue weighted by atomic mass is 31.2. The summed E-state index contributed by atoms with van der Waals surface area (Å²) in [6.07, 6.45) is 25.3. The molecule has 0 amide bonds. The molecule has 0 bridgehead atoms. The molecule has 1 saturated carbocycles. The summed E-state index contributed by atoms with van der Waals surface area (Å²) >= 11 is 0. The lowest BCUT2D eigenvalue weighted by atomic mass is 9.85. The first-order valence-electron chi connectivity index (χ1n) is 22.2. The van der Waals surface area contributed by atoms with E-state index >= 15 is 0 Å². The standard InChI is InChI=1S/C43H81O12P/c1-3-5-7-9-11-13-15-17-19-20-22-24-26-28-30-32-37(44)54-36(34-52-33-31-29-27-25-23-21-18-16-14-12-10-8-6-4-2)35-53-56(50,51)55-43-41(48)39(46)38(45)40(47)42(43)49/h8,10,14,16,36,38-43,45-49H,3-7,9,11-13,15,17-35H2,1-2H3,(H,50,51)/b10-8-,16-14-. The Hall–Kier alpha value is -1.18. The van der Waals surface area contributed by atoms with Gasteiger partial charge in [0.2, 0.25) is 0 Å². The van der Waals surface area contributed by atoms with Crippen LogP contribution in [0.5, 0.6) is 0 Å². The summed E-state index contributed by atoms with van der Waals surface area (Å²) in [6, 6.07) is 0. The van der Waals surface area contributed by atoms with E-state index in [1.54, 1.807) is 0 Å². The van der Waals surface area contributed by atoms with Crippen LogP contribution in [0.25, 0.3) is 0 Å². The van der Waals surface area contributed by atoms with Crippen molar-refractivity contribution in [1.29, 1.82) is 0 Å². The van der Waals surface area contributed by atoms with E-state index in [0.717, 1.165) is 64.2 Å². The second-order valence-electron chi connectivity index (χ2n) is 15.6. The Morgan fingerprint density at radius 1 is 0.571 bits per heavy atom. The third-order valence-electron chi connectivity index (χ3n) is 10.3. The molecule has 6 atom stereocenters. The van der Waals surface area contributed by atoms with E-state index in [-0.39, 0.29) is 13.0 Å². The average Bonchev–Trinajstić information content (AvgIpc) is 3.18. The number of allylic oxidation sites excluding steroid dienone is 4. The first-order chi connectivity index (χ1) is 27.0. The summed E-state index contributed by atoms with van der Waals surface area (Å²) in [5, 5.41) is 50.1. The van der Waals surface area contributed by atoms with Crippen LogP contribution < -0.4 is 0 Å². The van der Waals surface area contributed by atoms with E-state index in [9.17, 15) is 39.8 Å². The topological polar surface area (TPSA) is 192 Å². The Morgan fingerprint density at radius 2 is 1.04 bits per heavy atom. The Balaban J connectivity index is 2.42. The number of ether oxygens (including phenoxy) is 2. The van der Waals surface area contributed by atoms with Gasteiger partial charge in [0.25, 0.3) is 0 Å². The van der Waals surface area contributed by atoms with Crippen LogP contribution in [0.2, 0.25) is 0 Å². The fraction of sp³-hybridized carbons (Fsp3) is 0.884. The fourth-order valence-corrected chi connectivity index (χ4v) is 7.72. The van der Waals surface area contributed by atoms with Crippen LogP contribution in [0.1, 0.15) is 181 Å². The second kappa shape index (κ2) is 34.7. The van der Waals surface area contributed by atoms with Gasteiger partial charge in [-0.05, 0) is 38.5 Å². The molecule has 0 aromatic rings. The fourth-order valence-electron chi connectivity index (χ4n) is 6.75. The van der Waals surface area contributed by atoms with Gasteiger partial charge in [-0.1, -0.05) is 160 Å². The quantitative estimate of drug-likeness (QED) is 0.0152. The van der Waals surface area contributed by atoms with Crippen molar-refractivity contribution in [3.8, 4) is 0 Å². The molecular weight excluding hydrogens is 739 g/mol. The van der Waals surface area contributed by atoms with E-state index in [4.69, 9.17) is 18.5 Å². The number of aliphatic hydroxyl groups is 5. The number of unbranched alkanes of at least 4 members (excludes halogenated alkanes) is 21. The number of esters is 1. The van der Waals surface area contributed by atoms with Crippen molar-refractivity contribution in [3.63, 3.8) is 0 Å². The Bertz CT molecular complexity index is 1030. The van der Waals surface area contributed by atoms with Crippen molar-refractivity contribution in [3.05, 3.63) is 24.3 Å². The van der Waals surface area contributed by atoms with E-state index in [2.05, 4.69) is 38.2 Å². The lowest BCUT2D eigenvalue weighted by molar-refractivity contribution is -0.220. The third kappa shape index (κ3) is 26.7. The minimum atomic E-state index is -5.01. The largest absolute Gasteiger partial charge is 0.472 e. The smallest absolute Gasteiger partial charge is 0.457 e. The van der Waals surface area contributed by atoms with Crippen LogP contribution in [0, 0.1) is 0 Å². The van der Waals surface area contributed by atoms with E-state index in [1.807, 2.05) is 0 Å². The number of hydrogen-bond donors (Lipinski definition) is 6. The van der Waals surface area contributed by atoms with Crippen molar-refractivity contribution < 1.29 is 58.3 Å². The SMILES string of the molecule is CCC/C=C\C/C=C\CCCCCCCCOCC(COP(=O)(O)OC1C(O)C(O)C(O)C(O)C1O)OC(=O)CCCCCCCCCCCCCCCCC. The van der Waals surface area contributed by atoms with Crippen LogP contribution in [0.15, 0.2) is 24.3 Å². The van der Waals surface area contributed by atoms with Crippen LogP contribution in [0.4, 0.5) is 0 Å². The maximum atomic E-state index is 12.8. The van der Waals surface area contributed by atoms with Gasteiger partial charge in [-0.3, -0.25) is 13.8 Å². The van der Waals surface area contributed by atoms with E-state index in [1.165, 1.54) is 89.9 Å². The summed E-state index contributed by atoms with van der Waals surface area (Å²) in [4.78, 5) is 23.1. The Morgan fingerprint density at radius 3 is 1.57 bits per heavy atom. The number of phosphoric ester groups is 1. The van der Waals surface area contributed by atoms with Gasteiger partial charge in [-0.15, -0.1) is 0 Å². The molecule has 1 fully saturated rings. The monoisotopic (exact) mass is 821 g/mol. The first kappa shape index (κ1) is 52.8. The van der Waals surface area contributed by atoms with Crippen molar-refractivity contribution >= 4 is 13.8 Å². The lowest BCUT2D eigenvalue weighted by Crippen LogP contribution is -2.64. The third-order valence-corrected chi connectivity index (χ3v) is 11.3. The molecule has 0 aliphatic heterocycles. The van der Waals surface area contributed by atoms with Gasteiger partial charge < -0.3 is 39.9 Å². The van der Waals surface area contributed by atoms with Gasteiger partial charge in [0.15, 0.2) is 0 Å². The maximum Gasteiger partial charge on any atom is 0.472 e. The molecule has 6 N–H and O–H groups in total. The Labute approximate surface area is 339 Å². The van der Waals surface area contributed by atoms with E-state index < -0.39 is 63.1 Å². The average molecular weight is 821 g/mol. The summed E-state index contributed by atoms with van der Waals surface area (Å²) in [5.74, 6) is -0.480. The zero-order chi connectivity index (χ0) is 41.3. The van der Waals surface area contributed by atoms with Gasteiger partial charge in [0.1, 0.15) is 42.7 Å². The zero-order valence-electron chi connectivity index (χ0n) is 34.9. The lowest BCUT2D eigenvalue weighted by Gasteiger charge is -2.41. The van der Waals surface area contributed by atoms with Crippen LogP contribution >= 0.6 is 7.82 Å². The molecule has 0 aromatic carbocycles. The number of aliphatic hydroxyl groups excluding tert-OH is 5. The molecule has 56 heavy (non-hydrogen) atoms. The van der Waals surface area contributed by atoms with Gasteiger partial charge >= 0.3 is 13.8 Å². The van der Waals surface area contributed by atoms with Crippen LogP contribution in [-0.4, -0.2) is 98.9 Å². The van der Waals surface area contributed by atoms with Crippen molar-refractivity contribution in [2.24, 2.45) is 0 Å². The van der Waals surface area contributed by atoms with Gasteiger partial charge in [0, 0.05) is 13.0 Å². The predicted molar refractivity (Wildman–Crippen MR) is 221 cm³/mol. The van der Waals surface area contributed by atoms with E-state index in [0.29, 0.717) is 13.0 Å². The number of carbonyl (C=O) groups is 1. The zero-order valence-corrected chi connectivity index (χ0v) is 35.8. The van der Waals surface area contributed by atoms with Crippen LogP contribution in [-0.2, 0) is 27.9 Å². The molecule has 1 rings (SSSR count). The number of rotatable bonds is 37. The summed E-state index contributed by atoms with van der Waals surface area (Å²) in [5.41, 5.74) is 0. The summed E-state index contributed by atoms with van der Waals surface area (Å²) in [7, 11) is -5.01. The normalized spacial score (nSPS) is 23.2. The van der Waals surface area contributed by atoms with Crippen molar-refractivity contribution in [2.45, 2.75) is 224 Å². The molecule has 0 spiro atoms. The highest BCUT2D eigenvalue weighted by Gasteiger charge is 2.51. The van der Waals surface area contributed by atoms with Crippen molar-refractivity contribution in [1.82, 2.24) is 0 Å². The Kier molecular flexibility index (Phi) is 32.7. The summed E-state index contributed by atoms with van der Waals surface area (Å²) < 4.78 is 34.1. The molecule has 6 unspecified atom stereocenters. The highest BCUT2D eigenvalue weighted by Crippen LogP contribution is 2.47. The van der Waals surface area contributed by atoms with Gasteiger partial charge in [0.05, 0.1) is 13.2 Å². The molecule has 0 heterocycles. The molecule has 12 nitrogen and oxygen atoms in total. The van der Waals surface area contributed by atoms with Crippen molar-refractivity contribution in [2.75, 3.05) is 19.8 Å². The number of phosphoric acid groups is 1. The molecule has 0 radical (unpaired) electrons. The molecule has 330 valence electrons. The first-order valence-corrected chi connectivity index (χ1v) is 23.7. The molecule has 1 aliphatic rings.